The summed E-state index contributed by atoms with van der Waals surface area (Å²) in [6.07, 6.45) is 5.50. The topological polar surface area (TPSA) is 71.1 Å². The van der Waals surface area contributed by atoms with Crippen molar-refractivity contribution in [1.29, 1.82) is 0 Å². The Hall–Kier alpha value is -2.38. The first-order chi connectivity index (χ1) is 14.2. The van der Waals surface area contributed by atoms with Crippen LogP contribution in [0.5, 0.6) is 0 Å². The standard InChI is InChI=1S/C22H23N3O2S2/c26-20(23-16-9-5-2-6-10-16)14-28-22-25-18-12-11-17(13-19(18)29-22)24-21(27)15-7-3-1-4-8-15/h2,5-6,9-13,15H,1,3-4,7-8,14H2,(H,23,26)(H,24,27). The van der Waals surface area contributed by atoms with E-state index in [2.05, 4.69) is 15.6 Å². The number of carbonyl (C=O) groups is 2. The van der Waals surface area contributed by atoms with E-state index in [1.807, 2.05) is 48.5 Å². The molecule has 150 valence electrons. The molecule has 2 amide bonds. The second-order valence-electron chi connectivity index (χ2n) is 7.19. The molecule has 1 saturated carbocycles. The average Bonchev–Trinajstić information content (AvgIpc) is 3.16. The molecule has 0 bridgehead atoms. The summed E-state index contributed by atoms with van der Waals surface area (Å²) in [6.45, 7) is 0. The summed E-state index contributed by atoms with van der Waals surface area (Å²) in [5.41, 5.74) is 2.49. The van der Waals surface area contributed by atoms with Crippen LogP contribution in [0.15, 0.2) is 52.9 Å². The molecular formula is C22H23N3O2S2. The molecule has 0 atom stereocenters. The molecule has 1 heterocycles. The Bertz CT molecular complexity index is 998. The normalized spacial score (nSPS) is 14.6. The van der Waals surface area contributed by atoms with Gasteiger partial charge in [-0.15, -0.1) is 11.3 Å². The van der Waals surface area contributed by atoms with Crippen LogP contribution in [0.2, 0.25) is 0 Å². The number of benzene rings is 2. The highest BCUT2D eigenvalue weighted by atomic mass is 32.2. The molecule has 0 unspecified atom stereocenters. The zero-order chi connectivity index (χ0) is 20.1. The Labute approximate surface area is 178 Å². The monoisotopic (exact) mass is 425 g/mol. The fraction of sp³-hybridized carbons (Fsp3) is 0.318. The van der Waals surface area contributed by atoms with E-state index in [1.165, 1.54) is 18.2 Å². The van der Waals surface area contributed by atoms with E-state index >= 15 is 0 Å². The van der Waals surface area contributed by atoms with E-state index in [0.29, 0.717) is 5.75 Å². The van der Waals surface area contributed by atoms with Gasteiger partial charge in [-0.3, -0.25) is 9.59 Å². The third kappa shape index (κ3) is 5.36. The SMILES string of the molecule is O=C(CSc1nc2ccc(NC(=O)C3CCCCC3)cc2s1)Nc1ccccc1. The predicted molar refractivity (Wildman–Crippen MR) is 121 cm³/mol. The highest BCUT2D eigenvalue weighted by Crippen LogP contribution is 2.32. The molecule has 0 saturated heterocycles. The first kappa shape index (κ1) is 19.9. The van der Waals surface area contributed by atoms with Crippen LogP contribution in [0.25, 0.3) is 10.2 Å². The number of hydrogen-bond acceptors (Lipinski definition) is 5. The van der Waals surface area contributed by atoms with Gasteiger partial charge in [0.15, 0.2) is 4.34 Å². The molecule has 2 aromatic carbocycles. The van der Waals surface area contributed by atoms with Crippen molar-refractivity contribution in [2.45, 2.75) is 36.4 Å². The fourth-order valence-electron chi connectivity index (χ4n) is 3.50. The van der Waals surface area contributed by atoms with Gasteiger partial charge >= 0.3 is 0 Å². The Morgan fingerprint density at radius 2 is 1.79 bits per heavy atom. The van der Waals surface area contributed by atoms with Gasteiger partial charge in [-0.1, -0.05) is 49.2 Å². The first-order valence-corrected chi connectivity index (χ1v) is 11.7. The number of thioether (sulfide) groups is 1. The third-order valence-corrected chi connectivity index (χ3v) is 7.16. The summed E-state index contributed by atoms with van der Waals surface area (Å²) in [5, 5.41) is 5.94. The lowest BCUT2D eigenvalue weighted by atomic mass is 9.88. The highest BCUT2D eigenvalue weighted by Gasteiger charge is 2.21. The summed E-state index contributed by atoms with van der Waals surface area (Å²) in [5.74, 6) is 0.511. The van der Waals surface area contributed by atoms with Crippen LogP contribution in [0, 0.1) is 5.92 Å². The number of carbonyl (C=O) groups excluding carboxylic acids is 2. The quantitative estimate of drug-likeness (QED) is 0.508. The summed E-state index contributed by atoms with van der Waals surface area (Å²) in [6, 6.07) is 15.2. The predicted octanol–water partition coefficient (Wildman–Crippen LogP) is 5.55. The molecule has 3 aromatic rings. The van der Waals surface area contributed by atoms with E-state index in [1.54, 1.807) is 11.3 Å². The van der Waals surface area contributed by atoms with Crippen molar-refractivity contribution >= 4 is 56.5 Å². The van der Waals surface area contributed by atoms with Gasteiger partial charge in [-0.05, 0) is 43.2 Å². The lowest BCUT2D eigenvalue weighted by molar-refractivity contribution is -0.120. The molecule has 0 radical (unpaired) electrons. The molecule has 0 aliphatic heterocycles. The number of anilines is 2. The van der Waals surface area contributed by atoms with Crippen molar-refractivity contribution in [1.82, 2.24) is 4.98 Å². The zero-order valence-electron chi connectivity index (χ0n) is 16.0. The van der Waals surface area contributed by atoms with E-state index in [9.17, 15) is 9.59 Å². The van der Waals surface area contributed by atoms with Crippen molar-refractivity contribution in [2.24, 2.45) is 5.92 Å². The molecule has 7 heteroatoms. The van der Waals surface area contributed by atoms with Crippen LogP contribution >= 0.6 is 23.1 Å². The van der Waals surface area contributed by atoms with E-state index in [4.69, 9.17) is 0 Å². The fourth-order valence-corrected chi connectivity index (χ4v) is 5.41. The largest absolute Gasteiger partial charge is 0.326 e. The molecule has 1 fully saturated rings. The van der Waals surface area contributed by atoms with Gasteiger partial charge in [0.05, 0.1) is 16.0 Å². The lowest BCUT2D eigenvalue weighted by Gasteiger charge is -2.20. The number of thiazole rings is 1. The molecule has 1 aliphatic carbocycles. The maximum Gasteiger partial charge on any atom is 0.234 e. The number of para-hydroxylation sites is 1. The minimum atomic E-state index is -0.0547. The van der Waals surface area contributed by atoms with Gasteiger partial charge in [0.25, 0.3) is 0 Å². The molecule has 4 rings (SSSR count). The Morgan fingerprint density at radius 3 is 2.59 bits per heavy atom. The molecular weight excluding hydrogens is 402 g/mol. The maximum atomic E-state index is 12.5. The van der Waals surface area contributed by atoms with Crippen molar-refractivity contribution in [2.75, 3.05) is 16.4 Å². The summed E-state index contributed by atoms with van der Waals surface area (Å²) >= 11 is 2.97. The van der Waals surface area contributed by atoms with Crippen LogP contribution in [0.3, 0.4) is 0 Å². The number of amides is 2. The molecule has 5 nitrogen and oxygen atoms in total. The smallest absolute Gasteiger partial charge is 0.234 e. The number of nitrogens with zero attached hydrogens (tertiary/aromatic N) is 1. The Balaban J connectivity index is 1.35. The minimum Gasteiger partial charge on any atom is -0.326 e. The van der Waals surface area contributed by atoms with Gasteiger partial charge in [0.1, 0.15) is 0 Å². The van der Waals surface area contributed by atoms with Crippen LogP contribution in [0.1, 0.15) is 32.1 Å². The van der Waals surface area contributed by atoms with Gasteiger partial charge < -0.3 is 10.6 Å². The van der Waals surface area contributed by atoms with Crippen molar-refractivity contribution < 1.29 is 9.59 Å². The third-order valence-electron chi connectivity index (χ3n) is 5.00. The number of rotatable bonds is 6. The number of hydrogen-bond donors (Lipinski definition) is 2. The van der Waals surface area contributed by atoms with Crippen LogP contribution in [-0.4, -0.2) is 22.6 Å². The van der Waals surface area contributed by atoms with E-state index in [-0.39, 0.29) is 17.7 Å². The molecule has 1 aliphatic rings. The summed E-state index contributed by atoms with van der Waals surface area (Å²) < 4.78 is 1.86. The average molecular weight is 426 g/mol. The first-order valence-electron chi connectivity index (χ1n) is 9.86. The van der Waals surface area contributed by atoms with Gasteiger partial charge in [-0.2, -0.15) is 0 Å². The molecule has 2 N–H and O–H groups in total. The minimum absolute atomic E-state index is 0.0547. The Kier molecular flexibility index (Phi) is 6.46. The summed E-state index contributed by atoms with van der Waals surface area (Å²) in [4.78, 5) is 29.2. The molecule has 29 heavy (non-hydrogen) atoms. The van der Waals surface area contributed by atoms with Crippen molar-refractivity contribution in [3.05, 3.63) is 48.5 Å². The molecule has 0 spiro atoms. The van der Waals surface area contributed by atoms with Crippen molar-refractivity contribution in [3.63, 3.8) is 0 Å². The number of nitrogens with one attached hydrogen (secondary N) is 2. The van der Waals surface area contributed by atoms with Gasteiger partial charge in [-0.25, -0.2) is 4.98 Å². The number of aromatic nitrogens is 1. The van der Waals surface area contributed by atoms with E-state index in [0.717, 1.165) is 51.6 Å². The lowest BCUT2D eigenvalue weighted by Crippen LogP contribution is -2.24. The van der Waals surface area contributed by atoms with E-state index < -0.39 is 0 Å². The zero-order valence-corrected chi connectivity index (χ0v) is 17.7. The second-order valence-corrected chi connectivity index (χ2v) is 9.44. The maximum absolute atomic E-state index is 12.5. The van der Waals surface area contributed by atoms with Crippen molar-refractivity contribution in [3.8, 4) is 0 Å². The number of fused-ring (bicyclic) bond motifs is 1. The Morgan fingerprint density at radius 1 is 1.00 bits per heavy atom. The second kappa shape index (κ2) is 9.41. The van der Waals surface area contributed by atoms with Crippen LogP contribution in [0.4, 0.5) is 11.4 Å². The van der Waals surface area contributed by atoms with Crippen LogP contribution < -0.4 is 10.6 Å². The highest BCUT2D eigenvalue weighted by molar-refractivity contribution is 8.01. The van der Waals surface area contributed by atoms with Crippen LogP contribution in [-0.2, 0) is 9.59 Å². The van der Waals surface area contributed by atoms with Gasteiger partial charge in [0, 0.05) is 17.3 Å². The molecule has 1 aromatic heterocycles. The van der Waals surface area contributed by atoms with Gasteiger partial charge in [0.2, 0.25) is 11.8 Å². The summed E-state index contributed by atoms with van der Waals surface area (Å²) in [7, 11) is 0.